The molecule has 1 aliphatic rings. The molecule has 198 valence electrons. The molecule has 0 bridgehead atoms. The summed E-state index contributed by atoms with van der Waals surface area (Å²) in [5.74, 6) is 0.159. The van der Waals surface area contributed by atoms with Crippen molar-refractivity contribution >= 4 is 28.6 Å². The Morgan fingerprint density at radius 3 is 2.16 bits per heavy atom. The molecule has 1 fully saturated rings. The van der Waals surface area contributed by atoms with Gasteiger partial charge in [-0.15, -0.1) is 0 Å². The number of fused-ring (bicyclic) bond motifs is 1. The van der Waals surface area contributed by atoms with Crippen molar-refractivity contribution in [1.82, 2.24) is 15.3 Å². The van der Waals surface area contributed by atoms with Crippen molar-refractivity contribution in [2.45, 2.75) is 50.1 Å². The molecular formula is C25H25F6N5O. The van der Waals surface area contributed by atoms with Gasteiger partial charge in [0.15, 0.2) is 0 Å². The summed E-state index contributed by atoms with van der Waals surface area (Å²) >= 11 is 0. The van der Waals surface area contributed by atoms with E-state index >= 15 is 0 Å². The SMILES string of the molecule is CN(C)c1nc(N[C@H]2CC[C@@H](NC(=O)c3ccc(C(F)(F)F)cc3C(F)(F)F)CC2)nc2ccccc12. The second-order valence-electron chi connectivity index (χ2n) is 9.20. The van der Waals surface area contributed by atoms with Gasteiger partial charge in [-0.05, 0) is 56.0 Å². The second-order valence-corrected chi connectivity index (χ2v) is 9.20. The summed E-state index contributed by atoms with van der Waals surface area (Å²) in [5, 5.41) is 6.77. The van der Waals surface area contributed by atoms with Gasteiger partial charge >= 0.3 is 12.4 Å². The number of hydrogen-bond acceptors (Lipinski definition) is 5. The fraction of sp³-hybridized carbons (Fsp3) is 0.400. The molecule has 12 heteroatoms. The van der Waals surface area contributed by atoms with Gasteiger partial charge in [0, 0.05) is 31.6 Å². The molecule has 0 atom stereocenters. The first-order valence-electron chi connectivity index (χ1n) is 11.6. The van der Waals surface area contributed by atoms with Crippen molar-refractivity contribution in [2.75, 3.05) is 24.3 Å². The number of halogens is 6. The number of benzene rings is 2. The number of nitrogens with one attached hydrogen (secondary N) is 2. The highest BCUT2D eigenvalue weighted by Crippen LogP contribution is 2.37. The van der Waals surface area contributed by atoms with E-state index in [1.807, 2.05) is 43.3 Å². The van der Waals surface area contributed by atoms with Crippen LogP contribution in [0.1, 0.15) is 47.2 Å². The lowest BCUT2D eigenvalue weighted by molar-refractivity contribution is -0.143. The average Bonchev–Trinajstić information content (AvgIpc) is 2.83. The molecule has 3 aromatic rings. The van der Waals surface area contributed by atoms with Crippen molar-refractivity contribution in [3.05, 3.63) is 59.2 Å². The Hall–Kier alpha value is -3.57. The van der Waals surface area contributed by atoms with Crippen LogP contribution >= 0.6 is 0 Å². The molecule has 0 unspecified atom stereocenters. The second kappa shape index (κ2) is 10.1. The van der Waals surface area contributed by atoms with Crippen LogP contribution in [0.5, 0.6) is 0 Å². The summed E-state index contributed by atoms with van der Waals surface area (Å²) in [6.45, 7) is 0. The molecule has 37 heavy (non-hydrogen) atoms. The molecular weight excluding hydrogens is 500 g/mol. The summed E-state index contributed by atoms with van der Waals surface area (Å²) < 4.78 is 79.0. The lowest BCUT2D eigenvalue weighted by Crippen LogP contribution is -2.41. The molecule has 2 aromatic carbocycles. The Balaban J connectivity index is 1.42. The van der Waals surface area contributed by atoms with Crippen LogP contribution in [0.3, 0.4) is 0 Å². The number of aromatic nitrogens is 2. The number of rotatable bonds is 5. The maximum atomic E-state index is 13.4. The number of nitrogens with zero attached hydrogens (tertiary/aromatic N) is 3. The van der Waals surface area contributed by atoms with Crippen molar-refractivity contribution in [3.63, 3.8) is 0 Å². The quantitative estimate of drug-likeness (QED) is 0.407. The van der Waals surface area contributed by atoms with Gasteiger partial charge in [-0.2, -0.15) is 31.3 Å². The van der Waals surface area contributed by atoms with E-state index in [1.165, 1.54) is 0 Å². The summed E-state index contributed by atoms with van der Waals surface area (Å²) in [6.07, 6.45) is -7.93. The van der Waals surface area contributed by atoms with Crippen molar-refractivity contribution < 1.29 is 31.1 Å². The minimum atomic E-state index is -5.11. The number of carbonyl (C=O) groups is 1. The standard InChI is InChI=1S/C25H25F6N5O/c1-36(2)21-18-5-3-4-6-20(18)34-23(35-21)33-16-10-8-15(9-11-16)32-22(37)17-12-7-14(24(26,27)28)13-19(17)25(29,30)31/h3-7,12-13,15-16H,8-11H2,1-2H3,(H,32,37)(H,33,34,35)/t15-,16+. The Morgan fingerprint density at radius 2 is 1.54 bits per heavy atom. The molecule has 1 aliphatic carbocycles. The molecule has 6 nitrogen and oxygen atoms in total. The van der Waals surface area contributed by atoms with Gasteiger partial charge < -0.3 is 15.5 Å². The Morgan fingerprint density at radius 1 is 0.892 bits per heavy atom. The zero-order chi connectivity index (χ0) is 27.0. The van der Waals surface area contributed by atoms with Crippen LogP contribution in [0.4, 0.5) is 38.1 Å². The molecule has 0 aliphatic heterocycles. The number of alkyl halides is 6. The van der Waals surface area contributed by atoms with Gasteiger partial charge in [0.2, 0.25) is 5.95 Å². The number of carbonyl (C=O) groups excluding carboxylic acids is 1. The number of anilines is 2. The lowest BCUT2D eigenvalue weighted by Gasteiger charge is -2.30. The summed E-state index contributed by atoms with van der Waals surface area (Å²) in [7, 11) is 3.76. The van der Waals surface area contributed by atoms with Gasteiger partial charge in [-0.3, -0.25) is 4.79 Å². The van der Waals surface area contributed by atoms with Crippen LogP contribution in [0.15, 0.2) is 42.5 Å². The Kier molecular flexibility index (Phi) is 7.20. The molecule has 0 spiro atoms. The van der Waals surface area contributed by atoms with Gasteiger partial charge in [0.1, 0.15) is 5.82 Å². The third-order valence-corrected chi connectivity index (χ3v) is 6.30. The van der Waals surface area contributed by atoms with Crippen LogP contribution in [-0.2, 0) is 12.4 Å². The van der Waals surface area contributed by atoms with Gasteiger partial charge in [0.05, 0.1) is 22.2 Å². The molecule has 4 rings (SSSR count). The fourth-order valence-corrected chi connectivity index (χ4v) is 4.45. The Labute approximate surface area is 209 Å². The van der Waals surface area contributed by atoms with Crippen LogP contribution in [0, 0.1) is 0 Å². The largest absolute Gasteiger partial charge is 0.417 e. The minimum Gasteiger partial charge on any atom is -0.362 e. The van der Waals surface area contributed by atoms with E-state index in [0.29, 0.717) is 43.8 Å². The normalized spacial score (nSPS) is 18.5. The van der Waals surface area contributed by atoms with Crippen LogP contribution in [0.25, 0.3) is 10.9 Å². The molecule has 2 N–H and O–H groups in total. The van der Waals surface area contributed by atoms with E-state index in [1.54, 1.807) is 0 Å². The van der Waals surface area contributed by atoms with E-state index < -0.39 is 41.0 Å². The molecule has 1 aromatic heterocycles. The number of para-hydroxylation sites is 1. The fourth-order valence-electron chi connectivity index (χ4n) is 4.45. The molecule has 1 amide bonds. The van der Waals surface area contributed by atoms with Crippen molar-refractivity contribution in [1.29, 1.82) is 0 Å². The maximum Gasteiger partial charge on any atom is 0.417 e. The first-order chi connectivity index (χ1) is 17.3. The topological polar surface area (TPSA) is 70.2 Å². The van der Waals surface area contributed by atoms with E-state index in [-0.39, 0.29) is 12.1 Å². The number of hydrogen-bond donors (Lipinski definition) is 2. The highest BCUT2D eigenvalue weighted by atomic mass is 19.4. The highest BCUT2D eigenvalue weighted by molar-refractivity contribution is 5.96. The van der Waals surface area contributed by atoms with E-state index in [0.717, 1.165) is 16.7 Å². The summed E-state index contributed by atoms with van der Waals surface area (Å²) in [5.41, 5.74) is -3.13. The molecule has 1 saturated carbocycles. The van der Waals surface area contributed by atoms with Crippen LogP contribution in [0.2, 0.25) is 0 Å². The first kappa shape index (κ1) is 26.5. The minimum absolute atomic E-state index is 0.0128. The maximum absolute atomic E-state index is 13.4. The van der Waals surface area contributed by atoms with Gasteiger partial charge in [-0.1, -0.05) is 12.1 Å². The van der Waals surface area contributed by atoms with E-state index in [4.69, 9.17) is 0 Å². The van der Waals surface area contributed by atoms with Crippen LogP contribution < -0.4 is 15.5 Å². The molecule has 0 radical (unpaired) electrons. The molecule has 1 heterocycles. The predicted molar refractivity (Wildman–Crippen MR) is 127 cm³/mol. The monoisotopic (exact) mass is 525 g/mol. The summed E-state index contributed by atoms with van der Waals surface area (Å²) in [6, 6.07) is 8.22. The highest BCUT2D eigenvalue weighted by Gasteiger charge is 2.39. The predicted octanol–water partition coefficient (Wildman–Crippen LogP) is 5.89. The van der Waals surface area contributed by atoms with Gasteiger partial charge in [0.25, 0.3) is 5.91 Å². The average molecular weight is 525 g/mol. The van der Waals surface area contributed by atoms with E-state index in [9.17, 15) is 31.1 Å². The van der Waals surface area contributed by atoms with Crippen LogP contribution in [-0.4, -0.2) is 42.1 Å². The summed E-state index contributed by atoms with van der Waals surface area (Å²) in [4.78, 5) is 23.7. The smallest absolute Gasteiger partial charge is 0.362 e. The lowest BCUT2D eigenvalue weighted by atomic mass is 9.91. The van der Waals surface area contributed by atoms with Crippen molar-refractivity contribution in [3.8, 4) is 0 Å². The van der Waals surface area contributed by atoms with E-state index in [2.05, 4.69) is 20.6 Å². The third kappa shape index (κ3) is 6.05. The zero-order valence-electron chi connectivity index (χ0n) is 20.0. The first-order valence-corrected chi connectivity index (χ1v) is 11.6. The third-order valence-electron chi connectivity index (χ3n) is 6.30. The van der Waals surface area contributed by atoms with Gasteiger partial charge in [-0.25, -0.2) is 4.98 Å². The zero-order valence-corrected chi connectivity index (χ0v) is 20.0. The van der Waals surface area contributed by atoms with Crippen molar-refractivity contribution in [2.24, 2.45) is 0 Å². The Bertz CT molecular complexity index is 1280. The molecule has 0 saturated heterocycles. The number of amides is 1.